The Morgan fingerprint density at radius 2 is 0.976 bits per heavy atom. The Kier molecular flexibility index (Phi) is 20.4. The van der Waals surface area contributed by atoms with Crippen LogP contribution in [0.15, 0.2) is 0 Å². The zero-order valence-electron chi connectivity index (χ0n) is 27.7. The number of carbonyl (C=O) groups is 4. The highest BCUT2D eigenvalue weighted by Gasteiger charge is 2.27. The molecule has 0 bridgehead atoms. The Hall–Kier alpha value is -2.12. The lowest BCUT2D eigenvalue weighted by molar-refractivity contribution is -0.159. The molecule has 0 aromatic heterocycles. The molecule has 0 aliphatic carbocycles. The van der Waals surface area contributed by atoms with Gasteiger partial charge in [0.05, 0.1) is 0 Å². The van der Waals surface area contributed by atoms with E-state index in [1.54, 1.807) is 34.9 Å². The van der Waals surface area contributed by atoms with E-state index in [1.165, 1.54) is 62.7 Å². The van der Waals surface area contributed by atoms with Gasteiger partial charge in [0, 0.05) is 33.4 Å². The largest absolute Gasteiger partial charge is 0.460 e. The van der Waals surface area contributed by atoms with Crippen molar-refractivity contribution >= 4 is 23.8 Å². The van der Waals surface area contributed by atoms with Crippen LogP contribution < -0.4 is 5.32 Å². The van der Waals surface area contributed by atoms with Crippen molar-refractivity contribution in [1.29, 1.82) is 0 Å². The zero-order valence-corrected chi connectivity index (χ0v) is 27.7. The fourth-order valence-corrected chi connectivity index (χ4v) is 4.45. The van der Waals surface area contributed by atoms with E-state index in [9.17, 15) is 19.2 Å². The Morgan fingerprint density at radius 3 is 1.37 bits per heavy atom. The minimum absolute atomic E-state index is 0.0854. The summed E-state index contributed by atoms with van der Waals surface area (Å²) in [5, 5.41) is 2.79. The highest BCUT2D eigenvalue weighted by molar-refractivity contribution is 5.85. The monoisotopic (exact) mass is 582 g/mol. The van der Waals surface area contributed by atoms with Gasteiger partial charge in [0.1, 0.15) is 17.2 Å². The molecule has 0 rings (SSSR count). The van der Waals surface area contributed by atoms with E-state index in [-0.39, 0.29) is 36.2 Å². The van der Waals surface area contributed by atoms with E-state index < -0.39 is 17.6 Å². The predicted octanol–water partition coefficient (Wildman–Crippen LogP) is 7.26. The molecule has 2 amide bonds. The average Bonchev–Trinajstić information content (AvgIpc) is 2.83. The van der Waals surface area contributed by atoms with Gasteiger partial charge in [-0.3, -0.25) is 14.4 Å². The molecule has 8 nitrogen and oxygen atoms in total. The number of unbranched alkanes of at least 4 members (excludes halogenated alkanes) is 13. The van der Waals surface area contributed by atoms with Gasteiger partial charge in [-0.2, -0.15) is 0 Å². The fraction of sp³-hybridized carbons (Fsp3) is 0.879. The third-order valence-corrected chi connectivity index (χ3v) is 6.63. The van der Waals surface area contributed by atoms with Gasteiger partial charge < -0.3 is 19.7 Å². The molecule has 0 radical (unpaired) electrons. The highest BCUT2D eigenvalue weighted by Crippen LogP contribution is 2.16. The van der Waals surface area contributed by atoms with Gasteiger partial charge in [0.15, 0.2) is 0 Å². The van der Waals surface area contributed by atoms with Crippen LogP contribution in [0.1, 0.15) is 157 Å². The summed E-state index contributed by atoms with van der Waals surface area (Å²) in [7, 11) is 3.34. The van der Waals surface area contributed by atoms with Gasteiger partial charge in [-0.25, -0.2) is 4.79 Å². The van der Waals surface area contributed by atoms with Crippen molar-refractivity contribution in [3.05, 3.63) is 0 Å². The van der Waals surface area contributed by atoms with Crippen molar-refractivity contribution in [2.75, 3.05) is 14.1 Å². The summed E-state index contributed by atoms with van der Waals surface area (Å²) in [6.45, 7) is 11.1. The van der Waals surface area contributed by atoms with Crippen LogP contribution in [-0.2, 0) is 28.7 Å². The minimum Gasteiger partial charge on any atom is -0.460 e. The molecule has 0 saturated carbocycles. The number of nitrogens with zero attached hydrogens (tertiary/aromatic N) is 1. The van der Waals surface area contributed by atoms with Crippen LogP contribution >= 0.6 is 0 Å². The van der Waals surface area contributed by atoms with E-state index in [0.717, 1.165) is 32.1 Å². The molecule has 1 atom stereocenters. The van der Waals surface area contributed by atoms with Crippen LogP contribution in [-0.4, -0.2) is 60.0 Å². The van der Waals surface area contributed by atoms with Gasteiger partial charge in [-0.05, 0) is 60.8 Å². The van der Waals surface area contributed by atoms with Crippen molar-refractivity contribution < 1.29 is 28.7 Å². The molecule has 0 aromatic carbocycles. The van der Waals surface area contributed by atoms with Crippen molar-refractivity contribution in [2.45, 2.75) is 174 Å². The molecule has 0 fully saturated rings. The van der Waals surface area contributed by atoms with Crippen LogP contribution in [0.4, 0.5) is 0 Å². The quantitative estimate of drug-likeness (QED) is 0.106. The molecule has 1 N–H and O–H groups in total. The summed E-state index contributed by atoms with van der Waals surface area (Å²) in [5.74, 6) is -0.830. The van der Waals surface area contributed by atoms with Crippen LogP contribution in [0.25, 0.3) is 0 Å². The summed E-state index contributed by atoms with van der Waals surface area (Å²) in [4.78, 5) is 50.2. The van der Waals surface area contributed by atoms with Crippen LogP contribution in [0.3, 0.4) is 0 Å². The summed E-state index contributed by atoms with van der Waals surface area (Å²) in [6.07, 6.45) is 17.5. The number of nitrogens with one attached hydrogen (secondary N) is 1. The maximum Gasteiger partial charge on any atom is 0.329 e. The Bertz CT molecular complexity index is 752. The molecule has 0 spiro atoms. The molecule has 0 aliphatic rings. The van der Waals surface area contributed by atoms with E-state index in [2.05, 4.69) is 5.32 Å². The molecule has 0 saturated heterocycles. The van der Waals surface area contributed by atoms with E-state index in [0.29, 0.717) is 12.8 Å². The smallest absolute Gasteiger partial charge is 0.329 e. The first-order valence-electron chi connectivity index (χ1n) is 16.0. The molecule has 0 heterocycles. The molecule has 0 aliphatic heterocycles. The third kappa shape index (κ3) is 25.3. The molecular weight excluding hydrogens is 520 g/mol. The second-order valence-corrected chi connectivity index (χ2v) is 13.5. The van der Waals surface area contributed by atoms with Gasteiger partial charge in [0.25, 0.3) is 0 Å². The maximum absolute atomic E-state index is 12.6. The SMILES string of the molecule is CN(C)C(=O)CC[C@H](NC(=O)CCCCCCCCCCCCCCCCC(=O)OC(C)(C)C)C(=O)OC(C)(C)C. The van der Waals surface area contributed by atoms with Crippen molar-refractivity contribution in [3.63, 3.8) is 0 Å². The number of amides is 2. The lowest BCUT2D eigenvalue weighted by Crippen LogP contribution is -2.44. The first kappa shape index (κ1) is 38.9. The molecular formula is C33H62N2O6. The first-order valence-corrected chi connectivity index (χ1v) is 16.0. The lowest BCUT2D eigenvalue weighted by Gasteiger charge is -2.25. The van der Waals surface area contributed by atoms with Gasteiger partial charge in [-0.15, -0.1) is 0 Å². The van der Waals surface area contributed by atoms with Gasteiger partial charge >= 0.3 is 11.9 Å². The summed E-state index contributed by atoms with van der Waals surface area (Å²) in [5.41, 5.74) is -1.04. The number of hydrogen-bond acceptors (Lipinski definition) is 6. The summed E-state index contributed by atoms with van der Waals surface area (Å²) in [6, 6.07) is -0.810. The van der Waals surface area contributed by atoms with Crippen molar-refractivity contribution in [2.24, 2.45) is 0 Å². The molecule has 0 aromatic rings. The number of rotatable bonds is 22. The van der Waals surface area contributed by atoms with Crippen LogP contribution in [0.5, 0.6) is 0 Å². The molecule has 240 valence electrons. The second-order valence-electron chi connectivity index (χ2n) is 13.5. The highest BCUT2D eigenvalue weighted by atomic mass is 16.6. The molecule has 41 heavy (non-hydrogen) atoms. The normalized spacial score (nSPS) is 12.5. The topological polar surface area (TPSA) is 102 Å². The van der Waals surface area contributed by atoms with Gasteiger partial charge in [-0.1, -0.05) is 77.0 Å². The minimum atomic E-state index is -0.810. The number of ether oxygens (including phenoxy) is 2. The number of esters is 2. The summed E-state index contributed by atoms with van der Waals surface area (Å²) < 4.78 is 10.8. The van der Waals surface area contributed by atoms with E-state index in [4.69, 9.17) is 9.47 Å². The molecule has 0 unspecified atom stereocenters. The van der Waals surface area contributed by atoms with E-state index >= 15 is 0 Å². The Morgan fingerprint density at radius 1 is 0.585 bits per heavy atom. The van der Waals surface area contributed by atoms with Crippen molar-refractivity contribution in [3.8, 4) is 0 Å². The van der Waals surface area contributed by atoms with Crippen LogP contribution in [0, 0.1) is 0 Å². The fourth-order valence-electron chi connectivity index (χ4n) is 4.45. The van der Waals surface area contributed by atoms with E-state index in [1.807, 2.05) is 20.8 Å². The zero-order chi connectivity index (χ0) is 31.3. The average molecular weight is 583 g/mol. The number of hydrogen-bond donors (Lipinski definition) is 1. The Labute approximate surface area is 251 Å². The first-order chi connectivity index (χ1) is 19.1. The third-order valence-electron chi connectivity index (χ3n) is 6.63. The summed E-state index contributed by atoms with van der Waals surface area (Å²) >= 11 is 0. The maximum atomic E-state index is 12.6. The lowest BCUT2D eigenvalue weighted by atomic mass is 10.0. The molecule has 8 heteroatoms. The predicted molar refractivity (Wildman–Crippen MR) is 165 cm³/mol. The van der Waals surface area contributed by atoms with Crippen molar-refractivity contribution in [1.82, 2.24) is 10.2 Å². The Balaban J connectivity index is 3.83. The van der Waals surface area contributed by atoms with Crippen LogP contribution in [0.2, 0.25) is 0 Å². The number of carbonyl (C=O) groups excluding carboxylic acids is 4. The second kappa shape index (κ2) is 21.6. The van der Waals surface area contributed by atoms with Gasteiger partial charge in [0.2, 0.25) is 11.8 Å². The standard InChI is InChI=1S/C33H62N2O6/c1-32(2,3)40-30(38)24-22-20-18-16-14-12-10-9-11-13-15-17-19-21-23-28(36)34-27(25-26-29(37)35(7)8)31(39)41-33(4,5)6/h27H,9-26H2,1-8H3,(H,34,36)/t27-/m0/s1.